The van der Waals surface area contributed by atoms with Crippen molar-refractivity contribution in [1.29, 1.82) is 0 Å². The molecule has 4 fully saturated rings. The van der Waals surface area contributed by atoms with Crippen molar-refractivity contribution in [1.82, 2.24) is 5.32 Å². The van der Waals surface area contributed by atoms with Gasteiger partial charge in [0, 0.05) is 27.4 Å². The van der Waals surface area contributed by atoms with Crippen LogP contribution in [0.3, 0.4) is 0 Å². The lowest BCUT2D eigenvalue weighted by molar-refractivity contribution is -0.127. The minimum absolute atomic E-state index is 0.00166. The summed E-state index contributed by atoms with van der Waals surface area (Å²) in [7, 11) is 0. The van der Waals surface area contributed by atoms with Crippen molar-refractivity contribution < 1.29 is 9.63 Å². The quantitative estimate of drug-likeness (QED) is 0.291. The lowest BCUT2D eigenvalue weighted by Gasteiger charge is -2.61. The van der Waals surface area contributed by atoms with E-state index in [4.69, 9.17) is 28.0 Å². The summed E-state index contributed by atoms with van der Waals surface area (Å²) >= 11 is 12.1. The average Bonchev–Trinajstić information content (AvgIpc) is 2.77. The molecule has 2 aromatic carbocycles. The molecule has 0 aliphatic heterocycles. The van der Waals surface area contributed by atoms with Gasteiger partial charge in [-0.2, -0.15) is 0 Å². The minimum Gasteiger partial charge on any atom is -0.390 e. The van der Waals surface area contributed by atoms with Crippen LogP contribution in [0.25, 0.3) is 0 Å². The number of halogens is 2. The van der Waals surface area contributed by atoms with Crippen molar-refractivity contribution in [3.63, 3.8) is 0 Å². The van der Waals surface area contributed by atoms with Crippen molar-refractivity contribution in [3.05, 3.63) is 69.7 Å². The van der Waals surface area contributed by atoms with Crippen molar-refractivity contribution in [2.24, 2.45) is 28.8 Å². The van der Waals surface area contributed by atoms with Crippen molar-refractivity contribution in [2.75, 3.05) is 0 Å². The van der Waals surface area contributed by atoms with E-state index in [9.17, 15) is 4.79 Å². The first-order valence-electron chi connectivity index (χ1n) is 11.5. The SMILES string of the molecule is O=C(CC1(c2ccccc2)C2CC3CC(C2)CC1C3)N/C=N\OCc1ccc(Cl)cc1Cl. The van der Waals surface area contributed by atoms with Crippen LogP contribution in [0.1, 0.15) is 49.7 Å². The number of rotatable bonds is 7. The van der Waals surface area contributed by atoms with Crippen LogP contribution in [0.2, 0.25) is 10.0 Å². The summed E-state index contributed by atoms with van der Waals surface area (Å²) in [6, 6.07) is 16.0. The molecule has 0 atom stereocenters. The van der Waals surface area contributed by atoms with Crippen LogP contribution in [-0.2, 0) is 21.7 Å². The summed E-state index contributed by atoms with van der Waals surface area (Å²) in [5.41, 5.74) is 2.05. The number of carbonyl (C=O) groups is 1. The number of nitrogens with one attached hydrogen (secondary N) is 1. The molecule has 0 spiro atoms. The van der Waals surface area contributed by atoms with Gasteiger partial charge in [-0.15, -0.1) is 0 Å². The molecule has 4 nitrogen and oxygen atoms in total. The maximum atomic E-state index is 13.0. The first-order valence-corrected chi connectivity index (χ1v) is 12.2. The Morgan fingerprint density at radius 2 is 1.72 bits per heavy atom. The largest absolute Gasteiger partial charge is 0.390 e. The van der Waals surface area contributed by atoms with Gasteiger partial charge >= 0.3 is 0 Å². The van der Waals surface area contributed by atoms with Gasteiger partial charge in [0.25, 0.3) is 0 Å². The zero-order chi connectivity index (χ0) is 22.1. The fourth-order valence-corrected chi connectivity index (χ4v) is 7.30. The minimum atomic E-state index is -0.0652. The van der Waals surface area contributed by atoms with E-state index in [1.165, 1.54) is 44.0 Å². The standard InChI is InChI=1S/C26H28Cl2N2O2/c27-23-7-6-19(24(28)13-23)15-32-30-16-29-25(31)14-26(20-4-2-1-3-5-20)21-9-17-8-18(11-21)12-22(26)10-17/h1-7,13,16-18,21-22H,8-12,14-15H2,(H,29,30,31). The maximum absolute atomic E-state index is 13.0. The molecule has 6 heteroatoms. The van der Waals surface area contributed by atoms with E-state index in [1.807, 2.05) is 0 Å². The lowest BCUT2D eigenvalue weighted by Crippen LogP contribution is -2.57. The molecular formula is C26H28Cl2N2O2. The first kappa shape index (κ1) is 21.8. The molecule has 0 heterocycles. The van der Waals surface area contributed by atoms with E-state index in [0.29, 0.717) is 28.3 Å². The van der Waals surface area contributed by atoms with Gasteiger partial charge in [0.2, 0.25) is 5.91 Å². The summed E-state index contributed by atoms with van der Waals surface area (Å²) in [5.74, 6) is 2.89. The molecule has 4 bridgehead atoms. The van der Waals surface area contributed by atoms with Crippen LogP contribution in [0, 0.1) is 23.7 Å². The predicted molar refractivity (Wildman–Crippen MR) is 128 cm³/mol. The van der Waals surface area contributed by atoms with Gasteiger partial charge in [-0.3, -0.25) is 4.79 Å². The number of oxime groups is 1. The van der Waals surface area contributed by atoms with E-state index >= 15 is 0 Å². The summed E-state index contributed by atoms with van der Waals surface area (Å²) < 4.78 is 0. The molecule has 0 aromatic heterocycles. The Balaban J connectivity index is 1.25. The second kappa shape index (κ2) is 9.07. The topological polar surface area (TPSA) is 50.7 Å². The highest BCUT2D eigenvalue weighted by atomic mass is 35.5. The van der Waals surface area contributed by atoms with Gasteiger partial charge in [0.05, 0.1) is 0 Å². The molecule has 1 N–H and O–H groups in total. The monoisotopic (exact) mass is 470 g/mol. The number of benzene rings is 2. The molecule has 2 aromatic rings. The molecule has 6 rings (SSSR count). The van der Waals surface area contributed by atoms with Crippen LogP contribution < -0.4 is 5.32 Å². The van der Waals surface area contributed by atoms with Crippen LogP contribution >= 0.6 is 23.2 Å². The van der Waals surface area contributed by atoms with E-state index in [2.05, 4.69) is 40.8 Å². The summed E-state index contributed by atoms with van der Waals surface area (Å²) in [4.78, 5) is 18.4. The van der Waals surface area contributed by atoms with Crippen LogP contribution in [-0.4, -0.2) is 12.2 Å². The summed E-state index contributed by atoms with van der Waals surface area (Å²) in [5, 5.41) is 7.84. The molecule has 4 saturated carbocycles. The Bertz CT molecular complexity index is 980. The number of hydrogen-bond acceptors (Lipinski definition) is 3. The molecule has 168 valence electrons. The van der Waals surface area contributed by atoms with Gasteiger partial charge in [0.1, 0.15) is 12.9 Å². The van der Waals surface area contributed by atoms with E-state index < -0.39 is 0 Å². The number of carbonyl (C=O) groups excluding carboxylic acids is 1. The first-order chi connectivity index (χ1) is 15.5. The van der Waals surface area contributed by atoms with E-state index in [1.54, 1.807) is 18.2 Å². The van der Waals surface area contributed by atoms with E-state index in [-0.39, 0.29) is 17.9 Å². The highest BCUT2D eigenvalue weighted by Gasteiger charge is 2.58. The number of nitrogens with zero attached hydrogens (tertiary/aromatic N) is 1. The van der Waals surface area contributed by atoms with Gasteiger partial charge in [-0.25, -0.2) is 0 Å². The zero-order valence-electron chi connectivity index (χ0n) is 18.0. The average molecular weight is 471 g/mol. The third kappa shape index (κ3) is 4.15. The molecule has 32 heavy (non-hydrogen) atoms. The normalized spacial score (nSPS) is 30.6. The Kier molecular flexibility index (Phi) is 6.18. The summed E-state index contributed by atoms with van der Waals surface area (Å²) in [6.07, 6.45) is 8.28. The van der Waals surface area contributed by atoms with Crippen LogP contribution in [0.4, 0.5) is 0 Å². The predicted octanol–water partition coefficient (Wildman–Crippen LogP) is 6.35. The van der Waals surface area contributed by atoms with Crippen molar-refractivity contribution in [2.45, 2.75) is 50.5 Å². The fourth-order valence-electron chi connectivity index (χ4n) is 6.83. The van der Waals surface area contributed by atoms with Gasteiger partial charge in [-0.05, 0) is 73.5 Å². The van der Waals surface area contributed by atoms with Crippen LogP contribution in [0.5, 0.6) is 0 Å². The second-order valence-corrected chi connectivity index (χ2v) is 10.5. The van der Waals surface area contributed by atoms with Gasteiger partial charge in [-0.1, -0.05) is 64.8 Å². The third-order valence-corrected chi connectivity index (χ3v) is 8.53. The zero-order valence-corrected chi connectivity index (χ0v) is 19.5. The Hall–Kier alpha value is -2.04. The van der Waals surface area contributed by atoms with Crippen LogP contribution in [0.15, 0.2) is 53.7 Å². The smallest absolute Gasteiger partial charge is 0.226 e. The molecule has 0 radical (unpaired) electrons. The molecule has 4 aliphatic rings. The molecule has 4 aliphatic carbocycles. The highest BCUT2D eigenvalue weighted by Crippen LogP contribution is 2.64. The molecule has 1 amide bonds. The van der Waals surface area contributed by atoms with Gasteiger partial charge < -0.3 is 10.2 Å². The third-order valence-electron chi connectivity index (χ3n) is 7.95. The molecular weight excluding hydrogens is 443 g/mol. The van der Waals surface area contributed by atoms with Gasteiger partial charge in [0.15, 0.2) is 0 Å². The highest BCUT2D eigenvalue weighted by molar-refractivity contribution is 6.35. The molecule has 0 unspecified atom stereocenters. The van der Waals surface area contributed by atoms with Crippen molar-refractivity contribution >= 4 is 35.4 Å². The number of amides is 1. The Morgan fingerprint density at radius 3 is 2.38 bits per heavy atom. The number of hydrogen-bond donors (Lipinski definition) is 1. The fraction of sp³-hybridized carbons (Fsp3) is 0.462. The maximum Gasteiger partial charge on any atom is 0.226 e. The Labute approximate surface area is 199 Å². The van der Waals surface area contributed by atoms with Crippen molar-refractivity contribution in [3.8, 4) is 0 Å². The Morgan fingerprint density at radius 1 is 1.03 bits per heavy atom. The second-order valence-electron chi connectivity index (χ2n) is 9.70. The summed E-state index contributed by atoms with van der Waals surface area (Å²) in [6.45, 7) is 0.212. The molecule has 0 saturated heterocycles. The lowest BCUT2D eigenvalue weighted by atomic mass is 9.43. The van der Waals surface area contributed by atoms with E-state index in [0.717, 1.165) is 17.4 Å².